The maximum atomic E-state index is 14.0. The van der Waals surface area contributed by atoms with Gasteiger partial charge in [0.1, 0.15) is 28.9 Å². The van der Waals surface area contributed by atoms with Gasteiger partial charge < -0.3 is 13.8 Å². The standard InChI is InChI=1S/C29H30FN5O5S2/c1-31-29(36)26-21-14-20(23(34(2)41-3)15-24(21)39-28(26)17-9-11-19(30)12-10-17)18-6-5-13-35(16-18)42(37,38)25-8-4-7-22-27(25)33-40-32-22/h4,7-12,14-15,18,29,31,36H,5-6,13,16H2,1-3H3/p+1/t18-,29?/m0/s1. The first kappa shape index (κ1) is 28.8. The van der Waals surface area contributed by atoms with E-state index in [1.54, 1.807) is 41.7 Å². The molecule has 3 N–H and O–H groups in total. The summed E-state index contributed by atoms with van der Waals surface area (Å²) in [6.07, 6.45) is 2.43. The largest absolute Gasteiger partial charge is 0.456 e. The molecule has 0 aliphatic carbocycles. The van der Waals surface area contributed by atoms with Gasteiger partial charge in [-0.3, -0.25) is 5.32 Å². The average molecular weight is 613 g/mol. The van der Waals surface area contributed by atoms with Crippen LogP contribution in [0.3, 0.4) is 0 Å². The number of anilines is 1. The highest BCUT2D eigenvalue weighted by molar-refractivity contribution is 7.99. The van der Waals surface area contributed by atoms with Crippen LogP contribution in [0.2, 0.25) is 0 Å². The minimum atomic E-state index is -3.64. The molecule has 0 spiro atoms. The molecular weight excluding hydrogens is 581 g/mol. The Morgan fingerprint density at radius 2 is 2.00 bits per heavy atom. The van der Waals surface area contributed by atoms with Crippen LogP contribution in [0.25, 0.3) is 33.3 Å². The molecule has 6 rings (SSSR count). The van der Waals surface area contributed by atoms with Gasteiger partial charge in [-0.15, -0.1) is 0 Å². The number of fused-ring (bicyclic) bond motifs is 2. The fraction of sp³-hybridized carbons (Fsp3) is 0.310. The van der Waals surface area contributed by atoms with Crippen LogP contribution in [-0.4, -0.2) is 57.7 Å². The quantitative estimate of drug-likeness (QED) is 0.112. The molecule has 220 valence electrons. The second-order valence-corrected chi connectivity index (χ2v) is 13.1. The number of benzene rings is 3. The van der Waals surface area contributed by atoms with E-state index in [0.717, 1.165) is 17.7 Å². The molecule has 1 aliphatic rings. The first-order valence-corrected chi connectivity index (χ1v) is 16.1. The molecule has 1 aliphatic heterocycles. The zero-order chi connectivity index (χ0) is 29.6. The van der Waals surface area contributed by atoms with E-state index >= 15 is 0 Å². The number of aliphatic hydroxyl groups excluding tert-OH is 1. The Kier molecular flexibility index (Phi) is 7.81. The van der Waals surface area contributed by atoms with Crippen LogP contribution in [0.4, 0.5) is 10.1 Å². The smallest absolute Gasteiger partial charge is 0.328 e. The number of piperidine rings is 1. The van der Waals surface area contributed by atoms with E-state index in [0.29, 0.717) is 52.9 Å². The number of rotatable bonds is 8. The predicted octanol–water partition coefficient (Wildman–Crippen LogP) is 5.83. The molecule has 10 nitrogen and oxygen atoms in total. The zero-order valence-corrected chi connectivity index (χ0v) is 24.9. The number of nitrogens with one attached hydrogen (secondary N) is 1. The molecular formula is C29H31FN5O5S2+. The summed E-state index contributed by atoms with van der Waals surface area (Å²) in [5.74, 6) is -0.0195. The highest BCUT2D eigenvalue weighted by atomic mass is 32.3. The van der Waals surface area contributed by atoms with Crippen molar-refractivity contribution in [3.05, 3.63) is 71.5 Å². The molecule has 3 atom stereocenters. The molecule has 5 aromatic rings. The van der Waals surface area contributed by atoms with E-state index < -0.39 is 16.6 Å². The van der Waals surface area contributed by atoms with Crippen molar-refractivity contribution >= 4 is 50.0 Å². The molecule has 42 heavy (non-hydrogen) atoms. The lowest BCUT2D eigenvalue weighted by Gasteiger charge is -2.32. The van der Waals surface area contributed by atoms with Gasteiger partial charge in [-0.1, -0.05) is 22.3 Å². The van der Waals surface area contributed by atoms with Crippen LogP contribution < -0.4 is 9.62 Å². The first-order valence-electron chi connectivity index (χ1n) is 13.5. The van der Waals surface area contributed by atoms with E-state index in [2.05, 4.69) is 15.6 Å². The van der Waals surface area contributed by atoms with Crippen molar-refractivity contribution in [2.24, 2.45) is 0 Å². The monoisotopic (exact) mass is 612 g/mol. The summed E-state index contributed by atoms with van der Waals surface area (Å²) in [6, 6.07) is 14.9. The molecule has 3 aromatic carbocycles. The Morgan fingerprint density at radius 1 is 1.21 bits per heavy atom. The summed E-state index contributed by atoms with van der Waals surface area (Å²) in [4.78, 5) is 0.178. The lowest BCUT2D eigenvalue weighted by atomic mass is 9.89. The van der Waals surface area contributed by atoms with E-state index in [4.69, 9.17) is 9.05 Å². The van der Waals surface area contributed by atoms with Crippen LogP contribution in [0.5, 0.6) is 0 Å². The van der Waals surface area contributed by atoms with E-state index in [-0.39, 0.29) is 22.1 Å². The highest BCUT2D eigenvalue weighted by Gasteiger charge is 2.44. The molecule has 1 saturated heterocycles. The molecule has 13 heteroatoms. The molecule has 1 fully saturated rings. The van der Waals surface area contributed by atoms with Gasteiger partial charge in [-0.05, 0) is 76.4 Å². The Hall–Kier alpha value is -3.33. The fourth-order valence-electron chi connectivity index (χ4n) is 5.65. The third kappa shape index (κ3) is 4.99. The Balaban J connectivity index is 1.46. The Labute approximate surface area is 247 Å². The van der Waals surface area contributed by atoms with E-state index in [1.807, 2.05) is 29.7 Å². The summed E-state index contributed by atoms with van der Waals surface area (Å²) < 4.78 is 53.9. The maximum Gasteiger partial charge on any atom is 0.328 e. The van der Waals surface area contributed by atoms with Crippen molar-refractivity contribution in [1.82, 2.24) is 19.9 Å². The number of aromatic nitrogens is 2. The lowest BCUT2D eigenvalue weighted by Crippen LogP contribution is -2.42. The van der Waals surface area contributed by atoms with Gasteiger partial charge in [-0.25, -0.2) is 9.02 Å². The third-order valence-electron chi connectivity index (χ3n) is 7.85. The fourth-order valence-corrected chi connectivity index (χ4v) is 7.69. The predicted molar refractivity (Wildman–Crippen MR) is 162 cm³/mol. The van der Waals surface area contributed by atoms with Crippen molar-refractivity contribution in [3.63, 3.8) is 0 Å². The van der Waals surface area contributed by atoms with Crippen molar-refractivity contribution < 1.29 is 27.3 Å². The van der Waals surface area contributed by atoms with Crippen LogP contribution in [0.15, 0.2) is 68.5 Å². The summed E-state index contributed by atoms with van der Waals surface area (Å²) in [5, 5.41) is 22.3. The van der Waals surface area contributed by atoms with Gasteiger partial charge >= 0.3 is 10.4 Å². The molecule has 0 bridgehead atoms. The molecule has 0 radical (unpaired) electrons. The van der Waals surface area contributed by atoms with Gasteiger partial charge in [0.2, 0.25) is 4.90 Å². The van der Waals surface area contributed by atoms with Crippen molar-refractivity contribution in [2.75, 3.05) is 37.7 Å². The molecule has 0 amide bonds. The van der Waals surface area contributed by atoms with Gasteiger partial charge in [0, 0.05) is 54.4 Å². The number of halogens is 1. The third-order valence-corrected chi connectivity index (χ3v) is 10.5. The number of furan rings is 1. The van der Waals surface area contributed by atoms with E-state index in [9.17, 15) is 18.3 Å². The van der Waals surface area contributed by atoms with Gasteiger partial charge in [0.25, 0.3) is 0 Å². The van der Waals surface area contributed by atoms with E-state index in [1.165, 1.54) is 24.1 Å². The summed E-state index contributed by atoms with van der Waals surface area (Å²) >= 11 is 1.53. The Morgan fingerprint density at radius 3 is 2.74 bits per heavy atom. The summed E-state index contributed by atoms with van der Waals surface area (Å²) in [5.41, 5.74) is 4.32. The van der Waals surface area contributed by atoms with Crippen molar-refractivity contribution in [1.29, 1.82) is 0 Å². The van der Waals surface area contributed by atoms with Crippen molar-refractivity contribution in [3.8, 4) is 11.3 Å². The van der Waals surface area contributed by atoms with Crippen LogP contribution >= 0.6 is 11.9 Å². The van der Waals surface area contributed by atoms with Gasteiger partial charge in [0.15, 0.2) is 5.52 Å². The van der Waals surface area contributed by atoms with Crippen LogP contribution in [0, 0.1) is 5.82 Å². The van der Waals surface area contributed by atoms with Gasteiger partial charge in [-0.2, -0.15) is 4.55 Å². The van der Waals surface area contributed by atoms with Gasteiger partial charge in [0.05, 0.1) is 12.2 Å². The zero-order valence-electron chi connectivity index (χ0n) is 23.3. The second kappa shape index (κ2) is 11.4. The normalized spacial score (nSPS) is 18.4. The molecule has 2 aromatic heterocycles. The molecule has 2 unspecified atom stereocenters. The average Bonchev–Trinajstić information content (AvgIpc) is 3.64. The number of hydrogen-bond acceptors (Lipinski definition) is 9. The van der Waals surface area contributed by atoms with Crippen LogP contribution in [0.1, 0.15) is 36.1 Å². The highest BCUT2D eigenvalue weighted by Crippen LogP contribution is 2.44. The topological polar surface area (TPSA) is 128 Å². The molecule has 3 heterocycles. The molecule has 0 saturated carbocycles. The number of aliphatic hydroxyl groups is 1. The number of nitrogens with zero attached hydrogens (tertiary/aromatic N) is 4. The second-order valence-electron chi connectivity index (χ2n) is 10.2. The first-order chi connectivity index (χ1) is 20.2. The summed E-state index contributed by atoms with van der Waals surface area (Å²) in [6.45, 7) is 0.762. The lowest BCUT2D eigenvalue weighted by molar-refractivity contribution is 0.150. The minimum Gasteiger partial charge on any atom is -0.456 e. The number of hydrogen-bond donors (Lipinski definition) is 3. The minimum absolute atomic E-state index is 0.0980. The summed E-state index contributed by atoms with van der Waals surface area (Å²) in [7, 11) is -0.0345. The van der Waals surface area contributed by atoms with Crippen molar-refractivity contribution in [2.45, 2.75) is 29.9 Å². The SMILES string of the molecule is CNC(O)c1c(-c2ccc(F)cc2)oc2cc(N(C)SC)c([C@H]3CCCN([S+](=O)(O)c4cccc5nonc45)C3)cc12. The maximum absolute atomic E-state index is 14.0. The van der Waals surface area contributed by atoms with Crippen LogP contribution in [-0.2, 0) is 14.6 Å². The Bertz CT molecular complexity index is 1790.